The third-order valence-electron chi connectivity index (χ3n) is 2.81. The van der Waals surface area contributed by atoms with Gasteiger partial charge >= 0.3 is 5.97 Å². The molecule has 0 aliphatic carbocycles. The highest BCUT2D eigenvalue weighted by atomic mass is 16.4. The Morgan fingerprint density at radius 3 is 2.00 bits per heavy atom. The van der Waals surface area contributed by atoms with E-state index < -0.39 is 12.4 Å². The lowest BCUT2D eigenvalue weighted by atomic mass is 10.0. The maximum absolute atomic E-state index is 11.4. The minimum Gasteiger partial charge on any atom is -0.481 e. The van der Waals surface area contributed by atoms with Gasteiger partial charge in [-0.25, -0.2) is 0 Å². The van der Waals surface area contributed by atoms with E-state index in [2.05, 4.69) is 0 Å². The van der Waals surface area contributed by atoms with E-state index in [0.29, 0.717) is 0 Å². The van der Waals surface area contributed by atoms with Gasteiger partial charge in [-0.15, -0.1) is 0 Å². The van der Waals surface area contributed by atoms with Gasteiger partial charge in [0.1, 0.15) is 12.2 Å². The molecule has 2 aromatic rings. The second-order valence-corrected chi connectivity index (χ2v) is 4.35. The van der Waals surface area contributed by atoms with E-state index in [1.165, 1.54) is 0 Å². The Labute approximate surface area is 111 Å². The van der Waals surface area contributed by atoms with Crippen molar-refractivity contribution in [1.82, 2.24) is 0 Å². The summed E-state index contributed by atoms with van der Waals surface area (Å²) in [6.45, 7) is 0. The molecule has 0 aliphatic rings. The number of carbonyl (C=O) groups is 2. The first-order chi connectivity index (χ1) is 9.15. The van der Waals surface area contributed by atoms with Gasteiger partial charge in [-0.2, -0.15) is 0 Å². The van der Waals surface area contributed by atoms with Crippen molar-refractivity contribution < 1.29 is 14.7 Å². The fraction of sp³-hybridized carbons (Fsp3) is 0.125. The average molecular weight is 254 g/mol. The summed E-state index contributed by atoms with van der Waals surface area (Å²) in [5.41, 5.74) is 3.03. The Kier molecular flexibility index (Phi) is 4.08. The van der Waals surface area contributed by atoms with Gasteiger partial charge in [0.05, 0.1) is 0 Å². The van der Waals surface area contributed by atoms with E-state index in [-0.39, 0.29) is 12.2 Å². The molecule has 1 N–H and O–H groups in total. The Morgan fingerprint density at radius 1 is 0.842 bits per heavy atom. The van der Waals surface area contributed by atoms with E-state index in [0.717, 1.165) is 16.7 Å². The number of Topliss-reactive ketones (excluding diaryl/α,β-unsaturated/α-hetero) is 1. The van der Waals surface area contributed by atoms with Crippen LogP contribution < -0.4 is 0 Å². The number of hydrogen-bond acceptors (Lipinski definition) is 2. The predicted molar refractivity (Wildman–Crippen MR) is 72.8 cm³/mol. The van der Waals surface area contributed by atoms with E-state index >= 15 is 0 Å². The Hall–Kier alpha value is -2.42. The van der Waals surface area contributed by atoms with Crippen LogP contribution in [0.3, 0.4) is 0 Å². The summed E-state index contributed by atoms with van der Waals surface area (Å²) in [5.74, 6) is -1.36. The Balaban J connectivity index is 2.07. The standard InChI is InChI=1S/C16H14O3/c17-15(11-16(18)19)10-12-6-8-14(9-7-12)13-4-2-1-3-5-13/h1-9H,10-11H2,(H,18,19). The van der Waals surface area contributed by atoms with Gasteiger partial charge in [-0.1, -0.05) is 54.6 Å². The maximum Gasteiger partial charge on any atom is 0.310 e. The monoisotopic (exact) mass is 254 g/mol. The van der Waals surface area contributed by atoms with E-state index in [1.54, 1.807) is 0 Å². The highest BCUT2D eigenvalue weighted by molar-refractivity contribution is 5.95. The van der Waals surface area contributed by atoms with Gasteiger partial charge in [0.2, 0.25) is 0 Å². The normalized spacial score (nSPS) is 10.1. The first-order valence-electron chi connectivity index (χ1n) is 6.03. The molecule has 3 nitrogen and oxygen atoms in total. The van der Waals surface area contributed by atoms with Crippen molar-refractivity contribution in [3.05, 3.63) is 60.2 Å². The van der Waals surface area contributed by atoms with Gasteiger partial charge in [-0.3, -0.25) is 9.59 Å². The summed E-state index contributed by atoms with van der Waals surface area (Å²) in [5, 5.41) is 8.53. The quantitative estimate of drug-likeness (QED) is 0.834. The van der Waals surface area contributed by atoms with Gasteiger partial charge in [0.15, 0.2) is 0 Å². The van der Waals surface area contributed by atoms with Crippen molar-refractivity contribution in [2.75, 3.05) is 0 Å². The highest BCUT2D eigenvalue weighted by Gasteiger charge is 2.08. The molecule has 0 unspecified atom stereocenters. The number of hydrogen-bond donors (Lipinski definition) is 1. The van der Waals surface area contributed by atoms with Crippen LogP contribution >= 0.6 is 0 Å². The minimum absolute atomic E-state index is 0.168. The fourth-order valence-electron chi connectivity index (χ4n) is 1.90. The molecule has 96 valence electrons. The lowest BCUT2D eigenvalue weighted by molar-refractivity contribution is -0.140. The van der Waals surface area contributed by atoms with E-state index in [1.807, 2.05) is 54.6 Å². The summed E-state index contributed by atoms with van der Waals surface area (Å²) < 4.78 is 0. The van der Waals surface area contributed by atoms with E-state index in [4.69, 9.17) is 5.11 Å². The smallest absolute Gasteiger partial charge is 0.310 e. The molecule has 2 rings (SSSR count). The predicted octanol–water partition coefficient (Wildman–Crippen LogP) is 2.94. The molecule has 0 atom stereocenters. The molecular formula is C16H14O3. The fourth-order valence-corrected chi connectivity index (χ4v) is 1.90. The first-order valence-corrected chi connectivity index (χ1v) is 6.03. The molecule has 2 aromatic carbocycles. The van der Waals surface area contributed by atoms with Crippen LogP contribution in [0.25, 0.3) is 11.1 Å². The molecule has 0 bridgehead atoms. The highest BCUT2D eigenvalue weighted by Crippen LogP contribution is 2.19. The van der Waals surface area contributed by atoms with Crippen molar-refractivity contribution in [3.63, 3.8) is 0 Å². The van der Waals surface area contributed by atoms with Crippen LogP contribution in [0.5, 0.6) is 0 Å². The third kappa shape index (κ3) is 3.78. The second-order valence-electron chi connectivity index (χ2n) is 4.35. The number of carbonyl (C=O) groups excluding carboxylic acids is 1. The van der Waals surface area contributed by atoms with Crippen molar-refractivity contribution in [2.24, 2.45) is 0 Å². The Morgan fingerprint density at radius 2 is 1.42 bits per heavy atom. The summed E-state index contributed by atoms with van der Waals surface area (Å²) in [4.78, 5) is 21.8. The summed E-state index contributed by atoms with van der Waals surface area (Å²) >= 11 is 0. The van der Waals surface area contributed by atoms with Crippen LogP contribution in [0.2, 0.25) is 0 Å². The minimum atomic E-state index is -1.08. The molecule has 0 amide bonds. The number of carboxylic acid groups (broad SMARTS) is 1. The molecule has 0 radical (unpaired) electrons. The number of rotatable bonds is 5. The molecule has 0 heterocycles. The van der Waals surface area contributed by atoms with Crippen molar-refractivity contribution >= 4 is 11.8 Å². The van der Waals surface area contributed by atoms with Crippen LogP contribution in [0, 0.1) is 0 Å². The molecule has 0 fully saturated rings. The average Bonchev–Trinajstić information content (AvgIpc) is 2.39. The number of ketones is 1. The number of aliphatic carboxylic acids is 1. The van der Waals surface area contributed by atoms with Gasteiger partial charge in [0, 0.05) is 6.42 Å². The third-order valence-corrected chi connectivity index (χ3v) is 2.81. The second kappa shape index (κ2) is 5.96. The summed E-state index contributed by atoms with van der Waals surface area (Å²) in [6.07, 6.45) is -0.248. The molecule has 0 saturated carbocycles. The van der Waals surface area contributed by atoms with Gasteiger partial charge < -0.3 is 5.11 Å². The largest absolute Gasteiger partial charge is 0.481 e. The molecule has 0 aliphatic heterocycles. The maximum atomic E-state index is 11.4. The van der Waals surface area contributed by atoms with Gasteiger partial charge in [-0.05, 0) is 16.7 Å². The zero-order valence-corrected chi connectivity index (χ0v) is 10.4. The molecular weight excluding hydrogens is 240 g/mol. The summed E-state index contributed by atoms with van der Waals surface area (Å²) in [7, 11) is 0. The molecule has 3 heteroatoms. The lowest BCUT2D eigenvalue weighted by Crippen LogP contribution is -2.09. The molecule has 0 spiro atoms. The van der Waals surface area contributed by atoms with E-state index in [9.17, 15) is 9.59 Å². The van der Waals surface area contributed by atoms with Crippen molar-refractivity contribution in [1.29, 1.82) is 0 Å². The zero-order chi connectivity index (χ0) is 13.7. The van der Waals surface area contributed by atoms with Crippen LogP contribution in [0.1, 0.15) is 12.0 Å². The molecule has 0 aromatic heterocycles. The Bertz CT molecular complexity index is 571. The lowest BCUT2D eigenvalue weighted by Gasteiger charge is -2.03. The van der Waals surface area contributed by atoms with Crippen LogP contribution in [0.4, 0.5) is 0 Å². The topological polar surface area (TPSA) is 54.4 Å². The SMILES string of the molecule is O=C(O)CC(=O)Cc1ccc(-c2ccccc2)cc1. The molecule has 0 saturated heterocycles. The van der Waals surface area contributed by atoms with Crippen LogP contribution in [-0.4, -0.2) is 16.9 Å². The van der Waals surface area contributed by atoms with Gasteiger partial charge in [0.25, 0.3) is 0 Å². The van der Waals surface area contributed by atoms with Crippen molar-refractivity contribution in [2.45, 2.75) is 12.8 Å². The van der Waals surface area contributed by atoms with Crippen molar-refractivity contribution in [3.8, 4) is 11.1 Å². The molecule has 19 heavy (non-hydrogen) atoms. The zero-order valence-electron chi connectivity index (χ0n) is 10.4. The number of benzene rings is 2. The van der Waals surface area contributed by atoms with Crippen LogP contribution in [0.15, 0.2) is 54.6 Å². The first kappa shape index (κ1) is 13.0. The number of carboxylic acids is 1. The van der Waals surface area contributed by atoms with Crippen LogP contribution in [-0.2, 0) is 16.0 Å². The summed E-state index contributed by atoms with van der Waals surface area (Å²) in [6, 6.07) is 17.6.